The number of nitrogens with zero attached hydrogens (tertiary/aromatic N) is 1. The maximum atomic E-state index is 12.9. The van der Waals surface area contributed by atoms with Gasteiger partial charge in [0.2, 0.25) is 10.0 Å². The van der Waals surface area contributed by atoms with Gasteiger partial charge in [0.05, 0.1) is 6.61 Å². The highest BCUT2D eigenvalue weighted by molar-refractivity contribution is 7.89. The fourth-order valence-corrected chi connectivity index (χ4v) is 4.19. The summed E-state index contributed by atoms with van der Waals surface area (Å²) in [5.41, 5.74) is 2.40. The Balaban J connectivity index is 1.86. The van der Waals surface area contributed by atoms with Crippen LogP contribution in [0.1, 0.15) is 33.2 Å². The van der Waals surface area contributed by atoms with Crippen molar-refractivity contribution in [3.05, 3.63) is 83.4 Å². The average Bonchev–Trinajstić information content (AvgIpc) is 2.81. The van der Waals surface area contributed by atoms with E-state index in [2.05, 4.69) is 10.6 Å². The molecule has 0 atom stereocenters. The zero-order chi connectivity index (χ0) is 24.9. The van der Waals surface area contributed by atoms with Crippen LogP contribution in [-0.4, -0.2) is 45.2 Å². The molecule has 0 unspecified atom stereocenters. The van der Waals surface area contributed by atoms with Crippen LogP contribution in [-0.2, 0) is 10.0 Å². The zero-order valence-electron chi connectivity index (χ0n) is 19.5. The minimum absolute atomic E-state index is 0.0446. The summed E-state index contributed by atoms with van der Waals surface area (Å²) in [6.07, 6.45) is 0. The van der Waals surface area contributed by atoms with E-state index in [4.69, 9.17) is 4.74 Å². The Kier molecular flexibility index (Phi) is 7.70. The summed E-state index contributed by atoms with van der Waals surface area (Å²) in [6.45, 7) is 3.88. The van der Waals surface area contributed by atoms with Crippen LogP contribution in [0, 0.1) is 6.92 Å². The van der Waals surface area contributed by atoms with E-state index in [0.29, 0.717) is 29.1 Å². The minimum atomic E-state index is -3.80. The van der Waals surface area contributed by atoms with Gasteiger partial charge in [-0.05, 0) is 61.9 Å². The number of nitrogens with one attached hydrogen (secondary N) is 2. The Hall–Kier alpha value is -3.69. The van der Waals surface area contributed by atoms with E-state index in [1.54, 1.807) is 55.5 Å². The Morgan fingerprint density at radius 1 is 0.882 bits per heavy atom. The maximum Gasteiger partial charge on any atom is 0.255 e. The van der Waals surface area contributed by atoms with Gasteiger partial charge in [-0.1, -0.05) is 24.3 Å². The van der Waals surface area contributed by atoms with Gasteiger partial charge in [0, 0.05) is 36.6 Å². The number of rotatable bonds is 8. The molecule has 0 aromatic heterocycles. The van der Waals surface area contributed by atoms with Crippen molar-refractivity contribution < 1.29 is 22.7 Å². The van der Waals surface area contributed by atoms with Crippen LogP contribution in [0.25, 0.3) is 0 Å². The number of ether oxygens (including phenoxy) is 1. The molecule has 9 heteroatoms. The fourth-order valence-electron chi connectivity index (χ4n) is 3.14. The van der Waals surface area contributed by atoms with Crippen LogP contribution in [0.5, 0.6) is 5.75 Å². The van der Waals surface area contributed by atoms with E-state index in [0.717, 1.165) is 9.87 Å². The topological polar surface area (TPSA) is 105 Å². The van der Waals surface area contributed by atoms with Crippen molar-refractivity contribution >= 4 is 33.2 Å². The molecule has 2 N–H and O–H groups in total. The summed E-state index contributed by atoms with van der Waals surface area (Å²) in [7, 11) is -0.946. The monoisotopic (exact) mass is 481 g/mol. The third kappa shape index (κ3) is 5.62. The van der Waals surface area contributed by atoms with Gasteiger partial charge in [-0.2, -0.15) is 0 Å². The van der Waals surface area contributed by atoms with E-state index in [-0.39, 0.29) is 16.6 Å². The van der Waals surface area contributed by atoms with Gasteiger partial charge in [0.1, 0.15) is 10.6 Å². The standard InChI is InChI=1S/C25H27N3O5S/c1-5-33-22-14-13-20(16-23(22)34(31,32)28(3)4)26-25(30)19-12-11-17(2)21(15-19)27-24(29)18-9-7-6-8-10-18/h6-16H,5H2,1-4H3,(H,26,30)(H,27,29). The summed E-state index contributed by atoms with van der Waals surface area (Å²) in [5, 5.41) is 5.55. The number of aryl methyl sites for hydroxylation is 1. The molecule has 0 bridgehead atoms. The molecule has 0 aliphatic rings. The van der Waals surface area contributed by atoms with Crippen molar-refractivity contribution in [1.82, 2.24) is 4.31 Å². The predicted octanol–water partition coefficient (Wildman–Crippen LogP) is 4.15. The highest BCUT2D eigenvalue weighted by Crippen LogP contribution is 2.29. The smallest absolute Gasteiger partial charge is 0.255 e. The van der Waals surface area contributed by atoms with E-state index >= 15 is 0 Å². The molecule has 3 aromatic carbocycles. The highest BCUT2D eigenvalue weighted by Gasteiger charge is 2.23. The SMILES string of the molecule is CCOc1ccc(NC(=O)c2ccc(C)c(NC(=O)c3ccccc3)c2)cc1S(=O)(=O)N(C)C. The average molecular weight is 482 g/mol. The molecule has 0 spiro atoms. The fraction of sp³-hybridized carbons (Fsp3) is 0.200. The van der Waals surface area contributed by atoms with Crippen molar-refractivity contribution in [3.8, 4) is 5.75 Å². The van der Waals surface area contributed by atoms with Gasteiger partial charge in [-0.15, -0.1) is 0 Å². The number of carbonyl (C=O) groups is 2. The molecule has 0 heterocycles. The highest BCUT2D eigenvalue weighted by atomic mass is 32.2. The van der Waals surface area contributed by atoms with Gasteiger partial charge in [-0.3, -0.25) is 9.59 Å². The molecule has 178 valence electrons. The molecule has 0 aliphatic heterocycles. The zero-order valence-corrected chi connectivity index (χ0v) is 20.3. The van der Waals surface area contributed by atoms with Crippen molar-refractivity contribution in [3.63, 3.8) is 0 Å². The Bertz CT molecular complexity index is 1310. The molecular weight excluding hydrogens is 454 g/mol. The van der Waals surface area contributed by atoms with E-state index in [9.17, 15) is 18.0 Å². The molecule has 8 nitrogen and oxygen atoms in total. The third-order valence-corrected chi connectivity index (χ3v) is 6.88. The Morgan fingerprint density at radius 2 is 1.56 bits per heavy atom. The van der Waals surface area contributed by atoms with Crippen LogP contribution in [0.15, 0.2) is 71.6 Å². The van der Waals surface area contributed by atoms with Gasteiger partial charge in [-0.25, -0.2) is 12.7 Å². The molecule has 34 heavy (non-hydrogen) atoms. The van der Waals surface area contributed by atoms with Gasteiger partial charge in [0.25, 0.3) is 11.8 Å². The lowest BCUT2D eigenvalue weighted by Gasteiger charge is -2.17. The molecular formula is C25H27N3O5S. The first-order valence-electron chi connectivity index (χ1n) is 10.6. The number of amides is 2. The number of benzene rings is 3. The number of anilines is 2. The van der Waals surface area contributed by atoms with E-state index < -0.39 is 15.9 Å². The first-order chi connectivity index (χ1) is 16.1. The molecule has 0 saturated heterocycles. The second-order valence-corrected chi connectivity index (χ2v) is 9.81. The van der Waals surface area contributed by atoms with Crippen molar-refractivity contribution in [2.75, 3.05) is 31.3 Å². The minimum Gasteiger partial charge on any atom is -0.492 e. The molecule has 3 rings (SSSR count). The summed E-state index contributed by atoms with van der Waals surface area (Å²) in [6, 6.07) is 18.2. The Morgan fingerprint density at radius 3 is 2.21 bits per heavy atom. The maximum absolute atomic E-state index is 12.9. The molecule has 2 amide bonds. The molecule has 3 aromatic rings. The molecule has 0 aliphatic carbocycles. The number of carbonyl (C=O) groups excluding carboxylic acids is 2. The number of hydrogen-bond acceptors (Lipinski definition) is 5. The van der Waals surface area contributed by atoms with Crippen LogP contribution in [0.3, 0.4) is 0 Å². The van der Waals surface area contributed by atoms with Gasteiger partial charge in [0.15, 0.2) is 0 Å². The lowest BCUT2D eigenvalue weighted by atomic mass is 10.1. The summed E-state index contributed by atoms with van der Waals surface area (Å²) >= 11 is 0. The largest absolute Gasteiger partial charge is 0.492 e. The number of sulfonamides is 1. The summed E-state index contributed by atoms with van der Waals surface area (Å²) < 4.78 is 32.0. The van der Waals surface area contributed by atoms with Crippen molar-refractivity contribution in [2.24, 2.45) is 0 Å². The molecule has 0 radical (unpaired) electrons. The quantitative estimate of drug-likeness (QED) is 0.503. The first kappa shape index (κ1) is 24.9. The van der Waals surface area contributed by atoms with Crippen LogP contribution in [0.4, 0.5) is 11.4 Å². The van der Waals surface area contributed by atoms with E-state index in [1.165, 1.54) is 26.2 Å². The van der Waals surface area contributed by atoms with Gasteiger partial charge >= 0.3 is 0 Å². The van der Waals surface area contributed by atoms with Crippen molar-refractivity contribution in [1.29, 1.82) is 0 Å². The third-order valence-electron chi connectivity index (χ3n) is 5.04. The van der Waals surface area contributed by atoms with Crippen LogP contribution in [0.2, 0.25) is 0 Å². The molecule has 0 saturated carbocycles. The van der Waals surface area contributed by atoms with Crippen LogP contribution < -0.4 is 15.4 Å². The second kappa shape index (κ2) is 10.5. The first-order valence-corrected chi connectivity index (χ1v) is 12.0. The van der Waals surface area contributed by atoms with Crippen LogP contribution >= 0.6 is 0 Å². The summed E-state index contributed by atoms with van der Waals surface area (Å²) in [5.74, 6) is -0.533. The lowest BCUT2D eigenvalue weighted by molar-refractivity contribution is 0.101. The van der Waals surface area contributed by atoms with Crippen molar-refractivity contribution in [2.45, 2.75) is 18.7 Å². The summed E-state index contributed by atoms with van der Waals surface area (Å²) in [4.78, 5) is 25.4. The Labute approximate surface area is 199 Å². The molecule has 0 fully saturated rings. The number of hydrogen-bond donors (Lipinski definition) is 2. The van der Waals surface area contributed by atoms with Gasteiger partial charge < -0.3 is 15.4 Å². The second-order valence-electron chi connectivity index (χ2n) is 7.69. The predicted molar refractivity (Wildman–Crippen MR) is 132 cm³/mol. The normalized spacial score (nSPS) is 11.2. The lowest BCUT2D eigenvalue weighted by Crippen LogP contribution is -2.23. The van der Waals surface area contributed by atoms with E-state index in [1.807, 2.05) is 13.0 Å².